The molecule has 0 N–H and O–H groups in total. The Morgan fingerprint density at radius 1 is 1.40 bits per heavy atom. The molecule has 0 bridgehead atoms. The van der Waals surface area contributed by atoms with Crippen molar-refractivity contribution in [3.63, 3.8) is 0 Å². The fourth-order valence-electron chi connectivity index (χ4n) is 2.41. The lowest BCUT2D eigenvalue weighted by atomic mass is 10.1. The molecule has 1 aromatic rings. The van der Waals surface area contributed by atoms with Crippen LogP contribution in [0.15, 0.2) is 18.2 Å². The van der Waals surface area contributed by atoms with E-state index in [-0.39, 0.29) is 0 Å². The average Bonchev–Trinajstić information content (AvgIpc) is 2.98. The fraction of sp³-hybridized carbons (Fsp3) is 0.562. The number of hydrogen-bond acceptors (Lipinski definition) is 4. The molecular weight excluding hydrogens is 256 g/mol. The standard InChI is InChI=1S/C16H22O4/c1-2-18-15-9-3-6-13(12-17)16(15)20-11-5-8-14-7-4-10-19-14/h3,6,9,12,14H,2,4-5,7-8,10-11H2,1H3. The first-order valence-corrected chi connectivity index (χ1v) is 7.30. The Hall–Kier alpha value is -1.55. The van der Waals surface area contributed by atoms with Crippen LogP contribution in [-0.2, 0) is 4.74 Å². The van der Waals surface area contributed by atoms with Crippen molar-refractivity contribution in [1.29, 1.82) is 0 Å². The maximum Gasteiger partial charge on any atom is 0.171 e. The Kier molecular flexibility index (Phi) is 5.87. The summed E-state index contributed by atoms with van der Waals surface area (Å²) < 4.78 is 16.8. The maximum atomic E-state index is 11.1. The van der Waals surface area contributed by atoms with Crippen LogP contribution in [0, 0.1) is 0 Å². The number of aldehydes is 1. The van der Waals surface area contributed by atoms with Crippen molar-refractivity contribution in [3.8, 4) is 11.5 Å². The first kappa shape index (κ1) is 14.9. The van der Waals surface area contributed by atoms with Gasteiger partial charge < -0.3 is 14.2 Å². The molecule has 1 aliphatic rings. The van der Waals surface area contributed by atoms with Gasteiger partial charge in [0.1, 0.15) is 0 Å². The van der Waals surface area contributed by atoms with Crippen LogP contribution in [0.5, 0.6) is 11.5 Å². The second kappa shape index (κ2) is 7.90. The molecule has 4 heteroatoms. The first-order valence-electron chi connectivity index (χ1n) is 7.30. The van der Waals surface area contributed by atoms with Gasteiger partial charge in [-0.2, -0.15) is 0 Å². The molecule has 0 radical (unpaired) electrons. The quantitative estimate of drug-likeness (QED) is 0.541. The Labute approximate surface area is 120 Å². The zero-order chi connectivity index (χ0) is 14.2. The second-order valence-electron chi connectivity index (χ2n) is 4.85. The molecular formula is C16H22O4. The van der Waals surface area contributed by atoms with Crippen LogP contribution in [0.1, 0.15) is 43.0 Å². The Morgan fingerprint density at radius 2 is 2.30 bits per heavy atom. The minimum absolute atomic E-state index is 0.381. The molecule has 0 saturated carbocycles. The molecule has 110 valence electrons. The van der Waals surface area contributed by atoms with E-state index in [1.54, 1.807) is 12.1 Å². The lowest BCUT2D eigenvalue weighted by Gasteiger charge is -2.14. The monoisotopic (exact) mass is 278 g/mol. The highest BCUT2D eigenvalue weighted by molar-refractivity contribution is 5.81. The van der Waals surface area contributed by atoms with Crippen molar-refractivity contribution in [2.24, 2.45) is 0 Å². The minimum atomic E-state index is 0.381. The van der Waals surface area contributed by atoms with Gasteiger partial charge >= 0.3 is 0 Å². The Balaban J connectivity index is 1.88. The summed E-state index contributed by atoms with van der Waals surface area (Å²) in [5.41, 5.74) is 0.535. The molecule has 1 aromatic carbocycles. The number of carbonyl (C=O) groups is 1. The summed E-state index contributed by atoms with van der Waals surface area (Å²) in [5.74, 6) is 1.19. The lowest BCUT2D eigenvalue weighted by molar-refractivity contribution is 0.0976. The highest BCUT2D eigenvalue weighted by atomic mass is 16.5. The third-order valence-electron chi connectivity index (χ3n) is 3.38. The van der Waals surface area contributed by atoms with Crippen molar-refractivity contribution in [2.45, 2.75) is 38.7 Å². The molecule has 2 rings (SSSR count). The Bertz CT molecular complexity index is 424. The first-order chi connectivity index (χ1) is 9.85. The van der Waals surface area contributed by atoms with Gasteiger partial charge in [-0.1, -0.05) is 6.07 Å². The van der Waals surface area contributed by atoms with E-state index < -0.39 is 0 Å². The highest BCUT2D eigenvalue weighted by Gasteiger charge is 2.15. The molecule has 0 aliphatic carbocycles. The van der Waals surface area contributed by atoms with Crippen LogP contribution < -0.4 is 9.47 Å². The van der Waals surface area contributed by atoms with Crippen LogP contribution in [0.3, 0.4) is 0 Å². The molecule has 1 atom stereocenters. The van der Waals surface area contributed by atoms with Gasteiger partial charge in [0.2, 0.25) is 0 Å². The summed E-state index contributed by atoms with van der Waals surface area (Å²) >= 11 is 0. The smallest absolute Gasteiger partial charge is 0.171 e. The van der Waals surface area contributed by atoms with Crippen molar-refractivity contribution in [2.75, 3.05) is 19.8 Å². The van der Waals surface area contributed by atoms with Crippen molar-refractivity contribution in [3.05, 3.63) is 23.8 Å². The summed E-state index contributed by atoms with van der Waals surface area (Å²) in [5, 5.41) is 0. The summed E-state index contributed by atoms with van der Waals surface area (Å²) in [7, 11) is 0. The highest BCUT2D eigenvalue weighted by Crippen LogP contribution is 2.30. The van der Waals surface area contributed by atoms with E-state index in [1.165, 1.54) is 0 Å². The topological polar surface area (TPSA) is 44.8 Å². The molecule has 1 fully saturated rings. The lowest BCUT2D eigenvalue weighted by Crippen LogP contribution is -2.09. The summed E-state index contributed by atoms with van der Waals surface area (Å²) in [6.45, 7) is 3.92. The molecule has 0 spiro atoms. The number of benzene rings is 1. The molecule has 1 aliphatic heterocycles. The number of carbonyl (C=O) groups excluding carboxylic acids is 1. The molecule has 1 saturated heterocycles. The number of hydrogen-bond donors (Lipinski definition) is 0. The molecule has 0 aromatic heterocycles. The van der Waals surface area contributed by atoms with Gasteiger partial charge in [0.25, 0.3) is 0 Å². The van der Waals surface area contributed by atoms with Crippen LogP contribution >= 0.6 is 0 Å². The average molecular weight is 278 g/mol. The molecule has 1 heterocycles. The zero-order valence-corrected chi connectivity index (χ0v) is 12.0. The molecule has 1 unspecified atom stereocenters. The predicted molar refractivity (Wildman–Crippen MR) is 76.7 cm³/mol. The number of rotatable bonds is 8. The van der Waals surface area contributed by atoms with Crippen molar-refractivity contribution >= 4 is 6.29 Å². The second-order valence-corrected chi connectivity index (χ2v) is 4.85. The van der Waals surface area contributed by atoms with Gasteiger partial charge in [-0.15, -0.1) is 0 Å². The van der Waals surface area contributed by atoms with Gasteiger partial charge in [0.05, 0.1) is 24.9 Å². The predicted octanol–water partition coefficient (Wildman–Crippen LogP) is 3.24. The van der Waals surface area contributed by atoms with Crippen LogP contribution in [0.25, 0.3) is 0 Å². The fourth-order valence-corrected chi connectivity index (χ4v) is 2.41. The van der Waals surface area contributed by atoms with E-state index in [9.17, 15) is 4.79 Å². The van der Waals surface area contributed by atoms with Crippen LogP contribution in [0.4, 0.5) is 0 Å². The molecule has 0 amide bonds. The van der Waals surface area contributed by atoms with E-state index in [4.69, 9.17) is 14.2 Å². The van der Waals surface area contributed by atoms with E-state index in [0.29, 0.717) is 36.4 Å². The van der Waals surface area contributed by atoms with E-state index in [0.717, 1.165) is 38.6 Å². The summed E-state index contributed by atoms with van der Waals surface area (Å²) in [6.07, 6.45) is 5.42. The zero-order valence-electron chi connectivity index (χ0n) is 12.0. The maximum absolute atomic E-state index is 11.1. The third-order valence-corrected chi connectivity index (χ3v) is 3.38. The summed E-state index contributed by atoms with van der Waals surface area (Å²) in [4.78, 5) is 11.1. The minimum Gasteiger partial charge on any atom is -0.490 e. The SMILES string of the molecule is CCOc1cccc(C=O)c1OCCCC1CCCO1. The summed E-state index contributed by atoms with van der Waals surface area (Å²) in [6, 6.07) is 5.37. The van der Waals surface area contributed by atoms with Crippen molar-refractivity contribution in [1.82, 2.24) is 0 Å². The van der Waals surface area contributed by atoms with E-state index in [1.807, 2.05) is 13.0 Å². The Morgan fingerprint density at radius 3 is 3.00 bits per heavy atom. The van der Waals surface area contributed by atoms with Crippen LogP contribution in [-0.4, -0.2) is 32.2 Å². The van der Waals surface area contributed by atoms with Gasteiger partial charge in [-0.05, 0) is 44.7 Å². The van der Waals surface area contributed by atoms with Crippen LogP contribution in [0.2, 0.25) is 0 Å². The van der Waals surface area contributed by atoms with Gasteiger partial charge in [0.15, 0.2) is 17.8 Å². The molecule has 4 nitrogen and oxygen atoms in total. The van der Waals surface area contributed by atoms with Gasteiger partial charge in [0, 0.05) is 6.61 Å². The normalized spacial score (nSPS) is 17.9. The van der Waals surface area contributed by atoms with E-state index in [2.05, 4.69) is 0 Å². The van der Waals surface area contributed by atoms with Gasteiger partial charge in [-0.3, -0.25) is 4.79 Å². The van der Waals surface area contributed by atoms with Crippen molar-refractivity contribution < 1.29 is 19.0 Å². The molecule has 20 heavy (non-hydrogen) atoms. The third kappa shape index (κ3) is 3.97. The van der Waals surface area contributed by atoms with E-state index >= 15 is 0 Å². The van der Waals surface area contributed by atoms with Gasteiger partial charge in [-0.25, -0.2) is 0 Å². The number of ether oxygens (including phenoxy) is 3. The number of para-hydroxylation sites is 1. The largest absolute Gasteiger partial charge is 0.490 e.